The molecule has 1 heterocycles. The van der Waals surface area contributed by atoms with Gasteiger partial charge in [0.1, 0.15) is 5.82 Å². The fourth-order valence-corrected chi connectivity index (χ4v) is 3.20. The van der Waals surface area contributed by atoms with E-state index in [4.69, 9.17) is 4.74 Å². The summed E-state index contributed by atoms with van der Waals surface area (Å²) in [4.78, 5) is 7.00. The van der Waals surface area contributed by atoms with Crippen LogP contribution in [0, 0.1) is 12.8 Å². The van der Waals surface area contributed by atoms with E-state index in [1.165, 1.54) is 36.8 Å². The molecule has 1 saturated carbocycles. The fraction of sp³-hybridized carbons (Fsp3) is 0.706. The van der Waals surface area contributed by atoms with Gasteiger partial charge in [0.05, 0.1) is 6.61 Å². The van der Waals surface area contributed by atoms with Crippen LogP contribution in [0.4, 0.5) is 5.82 Å². The lowest BCUT2D eigenvalue weighted by molar-refractivity contribution is 0.199. The number of hydrogen-bond acceptors (Lipinski definition) is 4. The van der Waals surface area contributed by atoms with Gasteiger partial charge in [-0.1, -0.05) is 12.8 Å². The van der Waals surface area contributed by atoms with Crippen molar-refractivity contribution in [2.45, 2.75) is 39.2 Å². The third-order valence-electron chi connectivity index (χ3n) is 4.29. The van der Waals surface area contributed by atoms with E-state index < -0.39 is 0 Å². The Morgan fingerprint density at radius 3 is 2.81 bits per heavy atom. The van der Waals surface area contributed by atoms with Crippen LogP contribution in [0.2, 0.25) is 0 Å². The molecular weight excluding hydrogens is 262 g/mol. The predicted molar refractivity (Wildman–Crippen MR) is 87.8 cm³/mol. The van der Waals surface area contributed by atoms with E-state index in [1.807, 2.05) is 6.20 Å². The molecule has 118 valence electrons. The number of pyridine rings is 1. The highest BCUT2D eigenvalue weighted by molar-refractivity contribution is 5.46. The summed E-state index contributed by atoms with van der Waals surface area (Å²) in [5.74, 6) is 1.98. The Bertz CT molecular complexity index is 430. The summed E-state index contributed by atoms with van der Waals surface area (Å²) in [6.07, 6.45) is 7.55. The topological polar surface area (TPSA) is 37.4 Å². The molecule has 1 aliphatic rings. The van der Waals surface area contributed by atoms with Crippen molar-refractivity contribution in [3.05, 3.63) is 23.4 Å². The minimum atomic E-state index is 0.745. The number of nitrogens with zero attached hydrogens (tertiary/aromatic N) is 2. The molecule has 2 rings (SSSR count). The molecule has 4 heteroatoms. The minimum absolute atomic E-state index is 0.745. The summed E-state index contributed by atoms with van der Waals surface area (Å²) in [6, 6.07) is 2.24. The highest BCUT2D eigenvalue weighted by Crippen LogP contribution is 2.27. The van der Waals surface area contributed by atoms with Crippen LogP contribution in [0.15, 0.2) is 12.3 Å². The number of ether oxygens (including phenoxy) is 1. The van der Waals surface area contributed by atoms with Gasteiger partial charge < -0.3 is 15.0 Å². The molecule has 1 aromatic heterocycles. The van der Waals surface area contributed by atoms with Crippen molar-refractivity contribution in [1.29, 1.82) is 0 Å². The summed E-state index contributed by atoms with van der Waals surface area (Å²) >= 11 is 0. The largest absolute Gasteiger partial charge is 0.383 e. The second-order valence-corrected chi connectivity index (χ2v) is 6.18. The molecule has 1 fully saturated rings. The SMILES string of the molecule is COCCNCc1cnc(N(C)CC2CCCC2)c(C)c1. The van der Waals surface area contributed by atoms with Crippen LogP contribution in [-0.4, -0.2) is 38.8 Å². The van der Waals surface area contributed by atoms with Crippen LogP contribution in [0.1, 0.15) is 36.8 Å². The van der Waals surface area contributed by atoms with Gasteiger partial charge in [-0.3, -0.25) is 0 Å². The maximum atomic E-state index is 5.03. The number of methoxy groups -OCH3 is 1. The van der Waals surface area contributed by atoms with Crippen molar-refractivity contribution in [2.75, 3.05) is 38.8 Å². The molecule has 21 heavy (non-hydrogen) atoms. The number of anilines is 1. The zero-order valence-corrected chi connectivity index (χ0v) is 13.7. The Hall–Kier alpha value is -1.13. The Labute approximate surface area is 128 Å². The quantitative estimate of drug-likeness (QED) is 0.747. The molecular formula is C17H29N3O. The third kappa shape index (κ3) is 4.97. The molecule has 1 aromatic rings. The molecule has 0 atom stereocenters. The Kier molecular flexibility index (Phi) is 6.46. The lowest BCUT2D eigenvalue weighted by Gasteiger charge is -2.24. The first kappa shape index (κ1) is 16.2. The molecule has 0 radical (unpaired) electrons. The number of aromatic nitrogens is 1. The van der Waals surface area contributed by atoms with Crippen molar-refractivity contribution in [1.82, 2.24) is 10.3 Å². The van der Waals surface area contributed by atoms with E-state index in [2.05, 4.69) is 35.2 Å². The monoisotopic (exact) mass is 291 g/mol. The summed E-state index contributed by atoms with van der Waals surface area (Å²) in [5.41, 5.74) is 2.50. The van der Waals surface area contributed by atoms with E-state index >= 15 is 0 Å². The van der Waals surface area contributed by atoms with E-state index in [-0.39, 0.29) is 0 Å². The van der Waals surface area contributed by atoms with Gasteiger partial charge in [-0.15, -0.1) is 0 Å². The van der Waals surface area contributed by atoms with Crippen molar-refractivity contribution in [2.24, 2.45) is 5.92 Å². The van der Waals surface area contributed by atoms with Crippen LogP contribution in [0.5, 0.6) is 0 Å². The molecule has 0 unspecified atom stereocenters. The lowest BCUT2D eigenvalue weighted by Crippen LogP contribution is -2.26. The van der Waals surface area contributed by atoms with Gasteiger partial charge >= 0.3 is 0 Å². The van der Waals surface area contributed by atoms with Crippen molar-refractivity contribution in [3.8, 4) is 0 Å². The third-order valence-corrected chi connectivity index (χ3v) is 4.29. The summed E-state index contributed by atoms with van der Waals surface area (Å²) in [7, 11) is 3.90. The Morgan fingerprint density at radius 1 is 1.38 bits per heavy atom. The Balaban J connectivity index is 1.88. The molecule has 4 nitrogen and oxygen atoms in total. The maximum absolute atomic E-state index is 5.03. The van der Waals surface area contributed by atoms with Gasteiger partial charge in [0.15, 0.2) is 0 Å². The van der Waals surface area contributed by atoms with E-state index in [0.717, 1.165) is 38.0 Å². The molecule has 0 bridgehead atoms. The first-order valence-electron chi connectivity index (χ1n) is 8.07. The van der Waals surface area contributed by atoms with Gasteiger partial charge in [0, 0.05) is 40.0 Å². The highest BCUT2D eigenvalue weighted by Gasteiger charge is 2.18. The zero-order valence-electron chi connectivity index (χ0n) is 13.7. The first-order valence-corrected chi connectivity index (χ1v) is 8.07. The number of hydrogen-bond donors (Lipinski definition) is 1. The van der Waals surface area contributed by atoms with Gasteiger partial charge in [0.25, 0.3) is 0 Å². The van der Waals surface area contributed by atoms with Crippen LogP contribution >= 0.6 is 0 Å². The van der Waals surface area contributed by atoms with Crippen LogP contribution in [0.3, 0.4) is 0 Å². The average Bonchev–Trinajstić information content (AvgIpc) is 2.96. The smallest absolute Gasteiger partial charge is 0.131 e. The van der Waals surface area contributed by atoms with E-state index in [0.29, 0.717) is 0 Å². The van der Waals surface area contributed by atoms with Gasteiger partial charge in [0.2, 0.25) is 0 Å². The number of rotatable bonds is 8. The van der Waals surface area contributed by atoms with Crippen molar-refractivity contribution >= 4 is 5.82 Å². The summed E-state index contributed by atoms with van der Waals surface area (Å²) in [6.45, 7) is 5.77. The van der Waals surface area contributed by atoms with Gasteiger partial charge in [-0.25, -0.2) is 4.98 Å². The van der Waals surface area contributed by atoms with Crippen LogP contribution in [0.25, 0.3) is 0 Å². The predicted octanol–water partition coefficient (Wildman–Crippen LogP) is 2.75. The minimum Gasteiger partial charge on any atom is -0.383 e. The van der Waals surface area contributed by atoms with Crippen LogP contribution in [-0.2, 0) is 11.3 Å². The molecule has 0 saturated heterocycles. The second kappa shape index (κ2) is 8.35. The van der Waals surface area contributed by atoms with E-state index in [1.54, 1.807) is 7.11 Å². The number of nitrogens with one attached hydrogen (secondary N) is 1. The standard InChI is InChI=1S/C17H29N3O/c1-14-10-16(11-18-8-9-21-3)12-19-17(14)20(2)13-15-6-4-5-7-15/h10,12,15,18H,4-9,11,13H2,1-3H3. The van der Waals surface area contributed by atoms with Gasteiger partial charge in [-0.05, 0) is 42.9 Å². The molecule has 0 spiro atoms. The van der Waals surface area contributed by atoms with Crippen LogP contribution < -0.4 is 10.2 Å². The normalized spacial score (nSPS) is 15.6. The highest BCUT2D eigenvalue weighted by atomic mass is 16.5. The molecule has 0 aromatic carbocycles. The molecule has 1 aliphatic carbocycles. The average molecular weight is 291 g/mol. The van der Waals surface area contributed by atoms with Gasteiger partial charge in [-0.2, -0.15) is 0 Å². The summed E-state index contributed by atoms with van der Waals surface area (Å²) < 4.78 is 5.03. The maximum Gasteiger partial charge on any atom is 0.131 e. The number of aryl methyl sites for hydroxylation is 1. The van der Waals surface area contributed by atoms with Crippen molar-refractivity contribution < 1.29 is 4.74 Å². The molecule has 0 amide bonds. The first-order chi connectivity index (χ1) is 10.2. The lowest BCUT2D eigenvalue weighted by atomic mass is 10.1. The summed E-state index contributed by atoms with van der Waals surface area (Å²) in [5, 5.41) is 3.36. The zero-order chi connectivity index (χ0) is 15.1. The second-order valence-electron chi connectivity index (χ2n) is 6.18. The van der Waals surface area contributed by atoms with E-state index in [9.17, 15) is 0 Å². The fourth-order valence-electron chi connectivity index (χ4n) is 3.20. The molecule has 1 N–H and O–H groups in total. The Morgan fingerprint density at radius 2 is 2.14 bits per heavy atom. The van der Waals surface area contributed by atoms with Crippen molar-refractivity contribution in [3.63, 3.8) is 0 Å². The molecule has 0 aliphatic heterocycles.